The Balaban J connectivity index is 2.08. The van der Waals surface area contributed by atoms with Crippen molar-refractivity contribution < 1.29 is 67.5 Å². The predicted octanol–water partition coefficient (Wildman–Crippen LogP) is 4.09. The third kappa shape index (κ3) is 5.04. The zero-order valence-electron chi connectivity index (χ0n) is 19.1. The fourth-order valence-electron chi connectivity index (χ4n) is 5.84. The first-order valence-corrected chi connectivity index (χ1v) is 12.5. The number of carbonyl (C=O) groups excluding carboxylic acids is 2. The van der Waals surface area contributed by atoms with Crippen molar-refractivity contribution in [3.8, 4) is 0 Å². The summed E-state index contributed by atoms with van der Waals surface area (Å²) < 4.78 is 141. The first-order valence-electron chi connectivity index (χ1n) is 11.1. The van der Waals surface area contributed by atoms with Crippen LogP contribution in [0.25, 0.3) is 0 Å². The highest BCUT2D eigenvalue weighted by molar-refractivity contribution is 7.86. The number of rotatable bonds is 9. The van der Waals surface area contributed by atoms with E-state index < -0.39 is 63.3 Å². The largest absolute Gasteiger partial charge is 0.468 e. The molecule has 8 nitrogen and oxygen atoms in total. The van der Waals surface area contributed by atoms with Gasteiger partial charge in [-0.3, -0.25) is 9.35 Å². The number of alkyl halides is 7. The molecule has 0 saturated heterocycles. The van der Waals surface area contributed by atoms with Crippen LogP contribution < -0.4 is 0 Å². The lowest BCUT2D eigenvalue weighted by atomic mass is 9.49. The summed E-state index contributed by atoms with van der Waals surface area (Å²) in [7, 11) is -6.78. The molecule has 4 aliphatic rings. The minimum atomic E-state index is -6.78. The van der Waals surface area contributed by atoms with E-state index in [0.717, 1.165) is 33.1 Å². The molecule has 2 unspecified atom stereocenters. The molecule has 208 valence electrons. The van der Waals surface area contributed by atoms with Crippen molar-refractivity contribution in [2.24, 2.45) is 23.2 Å². The molecule has 0 aliphatic heterocycles. The second-order valence-electron chi connectivity index (χ2n) is 10.1. The Bertz CT molecular complexity index is 946. The first kappa shape index (κ1) is 28.9. The summed E-state index contributed by atoms with van der Waals surface area (Å²) in [5.74, 6) is -9.63. The highest BCUT2D eigenvalue weighted by Crippen LogP contribution is 2.61. The van der Waals surface area contributed by atoms with Crippen LogP contribution in [-0.4, -0.2) is 60.8 Å². The SMILES string of the molecule is CC(C)OC(=O)C(OC(=O)C12CC3CC(CC(C3)C1)C2)(OC(C(F)F)C(F)(F)S(=O)(=O)O)C(F)(F)F. The van der Waals surface area contributed by atoms with Gasteiger partial charge in [0.05, 0.1) is 11.5 Å². The summed E-state index contributed by atoms with van der Waals surface area (Å²) in [4.78, 5) is 25.8. The van der Waals surface area contributed by atoms with Crippen molar-refractivity contribution in [3.05, 3.63) is 0 Å². The number of ether oxygens (including phenoxy) is 3. The van der Waals surface area contributed by atoms with Crippen LogP contribution in [0.1, 0.15) is 52.4 Å². The van der Waals surface area contributed by atoms with E-state index in [-0.39, 0.29) is 37.0 Å². The molecule has 4 saturated carbocycles. The van der Waals surface area contributed by atoms with Gasteiger partial charge in [-0.15, -0.1) is 0 Å². The number of hydrogen-bond donors (Lipinski definition) is 1. The van der Waals surface area contributed by atoms with E-state index in [1.54, 1.807) is 0 Å². The third-order valence-electron chi connectivity index (χ3n) is 6.89. The Morgan fingerprint density at radius 2 is 1.39 bits per heavy atom. The van der Waals surface area contributed by atoms with Gasteiger partial charge in [-0.05, 0) is 70.1 Å². The van der Waals surface area contributed by atoms with Crippen LogP contribution in [0.2, 0.25) is 0 Å². The smallest absolute Gasteiger partial charge is 0.458 e. The van der Waals surface area contributed by atoms with Crippen molar-refractivity contribution in [2.75, 3.05) is 0 Å². The molecule has 4 rings (SSSR count). The van der Waals surface area contributed by atoms with E-state index in [4.69, 9.17) is 4.55 Å². The molecule has 4 bridgehead atoms. The zero-order valence-corrected chi connectivity index (χ0v) is 19.9. The molecule has 4 aliphatic carbocycles. The number of carbonyl (C=O) groups is 2. The van der Waals surface area contributed by atoms with Crippen molar-refractivity contribution in [1.29, 1.82) is 0 Å². The van der Waals surface area contributed by atoms with Crippen molar-refractivity contribution >= 4 is 22.1 Å². The van der Waals surface area contributed by atoms with E-state index >= 15 is 0 Å². The van der Waals surface area contributed by atoms with Crippen LogP contribution in [0.5, 0.6) is 0 Å². The summed E-state index contributed by atoms with van der Waals surface area (Å²) in [6, 6.07) is 0. The quantitative estimate of drug-likeness (QED) is 0.195. The predicted molar refractivity (Wildman–Crippen MR) is 104 cm³/mol. The average molecular weight is 558 g/mol. The highest BCUT2D eigenvalue weighted by atomic mass is 32.2. The number of halogens is 7. The van der Waals surface area contributed by atoms with Crippen molar-refractivity contribution in [1.82, 2.24) is 0 Å². The Labute approximate surface area is 201 Å². The number of hydrogen-bond acceptors (Lipinski definition) is 7. The maximum Gasteiger partial charge on any atom is 0.468 e. The van der Waals surface area contributed by atoms with Gasteiger partial charge in [0.15, 0.2) is 0 Å². The topological polar surface area (TPSA) is 116 Å². The lowest BCUT2D eigenvalue weighted by molar-refractivity contribution is -0.385. The fraction of sp³-hybridized carbons (Fsp3) is 0.900. The first-order chi connectivity index (χ1) is 16.2. The Morgan fingerprint density at radius 3 is 1.72 bits per heavy atom. The molecule has 0 radical (unpaired) electrons. The number of esters is 2. The van der Waals surface area contributed by atoms with Gasteiger partial charge in [0, 0.05) is 0 Å². The summed E-state index contributed by atoms with van der Waals surface area (Å²) in [6.07, 6.45) is -14.6. The van der Waals surface area contributed by atoms with E-state index in [2.05, 4.69) is 14.2 Å². The summed E-state index contributed by atoms with van der Waals surface area (Å²) >= 11 is 0. The van der Waals surface area contributed by atoms with Gasteiger partial charge in [-0.25, -0.2) is 13.6 Å². The van der Waals surface area contributed by atoms with E-state index in [0.29, 0.717) is 0 Å². The summed E-state index contributed by atoms with van der Waals surface area (Å²) in [5, 5.41) is -6.04. The normalized spacial score (nSPS) is 30.8. The average Bonchev–Trinajstić information content (AvgIpc) is 2.66. The molecule has 0 amide bonds. The van der Waals surface area contributed by atoms with Gasteiger partial charge in [-0.2, -0.15) is 30.4 Å². The van der Waals surface area contributed by atoms with E-state index in [9.17, 15) is 48.7 Å². The molecule has 16 heteroatoms. The second-order valence-corrected chi connectivity index (χ2v) is 11.6. The van der Waals surface area contributed by atoms with E-state index in [1.807, 2.05) is 0 Å². The zero-order chi connectivity index (χ0) is 27.5. The highest BCUT2D eigenvalue weighted by Gasteiger charge is 2.73. The lowest BCUT2D eigenvalue weighted by Gasteiger charge is -2.55. The molecule has 0 aromatic rings. The maximum absolute atomic E-state index is 14.3. The minimum absolute atomic E-state index is 0.0368. The molecule has 4 fully saturated rings. The Kier molecular flexibility index (Phi) is 7.43. The molecule has 36 heavy (non-hydrogen) atoms. The summed E-state index contributed by atoms with van der Waals surface area (Å²) in [5.41, 5.74) is -1.54. The molecule has 0 aromatic heterocycles. The van der Waals surface area contributed by atoms with Crippen LogP contribution in [0.3, 0.4) is 0 Å². The van der Waals surface area contributed by atoms with Gasteiger partial charge < -0.3 is 14.2 Å². The van der Waals surface area contributed by atoms with Crippen LogP contribution in [0, 0.1) is 23.2 Å². The molecular formula is C20H25F7O8S. The van der Waals surface area contributed by atoms with Gasteiger partial charge in [0.1, 0.15) is 0 Å². The van der Waals surface area contributed by atoms with Crippen LogP contribution in [0.4, 0.5) is 30.7 Å². The van der Waals surface area contributed by atoms with Gasteiger partial charge in [-0.1, -0.05) is 0 Å². The van der Waals surface area contributed by atoms with Crippen LogP contribution in [-0.2, 0) is 33.9 Å². The molecule has 2 atom stereocenters. The molecular weight excluding hydrogens is 533 g/mol. The standard InChI is InChI=1S/C20H25F7O8S/c1-9(2)33-16(29)18(20(25,26)27,34-13(14(21)22)19(23,24)36(30,31)32)35-15(28)17-6-10-3-11(7-17)5-12(4-10)8-17/h9-14H,3-8H2,1-2H3,(H,30,31,32). The minimum Gasteiger partial charge on any atom is -0.458 e. The van der Waals surface area contributed by atoms with Gasteiger partial charge in [0.2, 0.25) is 6.10 Å². The van der Waals surface area contributed by atoms with Gasteiger partial charge >= 0.3 is 39.3 Å². The second kappa shape index (κ2) is 9.26. The van der Waals surface area contributed by atoms with Gasteiger partial charge in [0.25, 0.3) is 6.43 Å². The fourth-order valence-corrected chi connectivity index (χ4v) is 6.28. The maximum atomic E-state index is 14.3. The van der Waals surface area contributed by atoms with E-state index in [1.165, 1.54) is 0 Å². The third-order valence-corrected chi connectivity index (χ3v) is 7.81. The summed E-state index contributed by atoms with van der Waals surface area (Å²) in [6.45, 7) is 2.05. The van der Waals surface area contributed by atoms with Crippen molar-refractivity contribution in [3.63, 3.8) is 0 Å². The molecule has 0 spiro atoms. The molecule has 0 heterocycles. The van der Waals surface area contributed by atoms with Crippen LogP contribution in [0.15, 0.2) is 0 Å². The Morgan fingerprint density at radius 1 is 0.944 bits per heavy atom. The molecule has 0 aromatic carbocycles. The monoisotopic (exact) mass is 558 g/mol. The van der Waals surface area contributed by atoms with Crippen LogP contribution >= 0.6 is 0 Å². The molecule has 1 N–H and O–H groups in total. The van der Waals surface area contributed by atoms with Crippen molar-refractivity contribution in [2.45, 2.75) is 88.2 Å². The Hall–Kier alpha value is -1.68. The lowest BCUT2D eigenvalue weighted by Crippen LogP contribution is -2.65.